The molecule has 0 N–H and O–H groups in total. The Balaban J connectivity index is 0.00000240. The second-order valence-corrected chi connectivity index (χ2v) is 7.36. The van der Waals surface area contributed by atoms with Gasteiger partial charge in [-0.1, -0.05) is 48.5 Å². The maximum atomic E-state index is 11.9. The molecule has 1 heterocycles. The zero-order valence-corrected chi connectivity index (χ0v) is 17.5. The third-order valence-electron chi connectivity index (χ3n) is 5.72. The molecule has 1 aromatic heterocycles. The number of carbonyl (C=O) groups excluding carboxylic acids is 1. The number of benzene rings is 2. The molecule has 1 aliphatic carbocycles. The molecule has 0 aliphatic heterocycles. The van der Waals surface area contributed by atoms with Crippen molar-refractivity contribution < 1.29 is 9.53 Å². The highest BCUT2D eigenvalue weighted by Crippen LogP contribution is 2.52. The van der Waals surface area contributed by atoms with E-state index in [2.05, 4.69) is 65.6 Å². The van der Waals surface area contributed by atoms with Crippen molar-refractivity contribution in [3.63, 3.8) is 0 Å². The summed E-state index contributed by atoms with van der Waals surface area (Å²) in [4.78, 5) is 16.1. The van der Waals surface area contributed by atoms with Crippen LogP contribution in [0, 0.1) is 0 Å². The Morgan fingerprint density at radius 3 is 2.10 bits per heavy atom. The van der Waals surface area contributed by atoms with Crippen LogP contribution in [0.3, 0.4) is 0 Å². The second-order valence-electron chi connectivity index (χ2n) is 7.36. The van der Waals surface area contributed by atoms with E-state index in [0.29, 0.717) is 13.0 Å². The normalized spacial score (nSPS) is 13.1. The fraction of sp³-hybridized carbons (Fsp3) is 0.280. The number of fused-ring (bicyclic) bond motifs is 3. The Kier molecular flexibility index (Phi) is 6.71. The second kappa shape index (κ2) is 9.23. The number of carbonyl (C=O) groups is 1. The molecular weight excluding hydrogens is 382 g/mol. The van der Waals surface area contributed by atoms with Crippen LogP contribution in [0.15, 0.2) is 73.1 Å². The molecule has 0 spiro atoms. The molecule has 1 aliphatic rings. The summed E-state index contributed by atoms with van der Waals surface area (Å²) >= 11 is 0. The lowest BCUT2D eigenvalue weighted by Crippen LogP contribution is -2.28. The Morgan fingerprint density at radius 1 is 0.931 bits per heavy atom. The summed E-state index contributed by atoms with van der Waals surface area (Å²) in [6.45, 7) is 2.29. The van der Waals surface area contributed by atoms with Gasteiger partial charge in [0.25, 0.3) is 0 Å². The molecular formula is C25H26ClNO2. The van der Waals surface area contributed by atoms with Gasteiger partial charge in [-0.2, -0.15) is 0 Å². The predicted octanol–water partition coefficient (Wildman–Crippen LogP) is 5.75. The molecule has 3 nitrogen and oxygen atoms in total. The number of nitrogens with zero attached hydrogens (tertiary/aromatic N) is 1. The molecule has 2 aromatic carbocycles. The average molecular weight is 408 g/mol. The Bertz CT molecular complexity index is 926. The fourth-order valence-electron chi connectivity index (χ4n) is 4.58. The Hall–Kier alpha value is -2.65. The van der Waals surface area contributed by atoms with Crippen LogP contribution in [0.1, 0.15) is 42.9 Å². The molecule has 0 fully saturated rings. The molecule has 29 heavy (non-hydrogen) atoms. The number of halogens is 1. The molecule has 0 saturated carbocycles. The summed E-state index contributed by atoms with van der Waals surface area (Å²) < 4.78 is 5.15. The van der Waals surface area contributed by atoms with Gasteiger partial charge in [0.1, 0.15) is 0 Å². The topological polar surface area (TPSA) is 39.2 Å². The molecule has 3 aromatic rings. The number of hydrogen-bond acceptors (Lipinski definition) is 3. The maximum Gasteiger partial charge on any atom is 0.305 e. The van der Waals surface area contributed by atoms with Crippen LogP contribution < -0.4 is 0 Å². The first-order valence-corrected chi connectivity index (χ1v) is 9.98. The zero-order chi connectivity index (χ0) is 19.4. The summed E-state index contributed by atoms with van der Waals surface area (Å²) in [7, 11) is 0. The van der Waals surface area contributed by atoms with Gasteiger partial charge in [0.05, 0.1) is 6.61 Å². The number of hydrogen-bond donors (Lipinski definition) is 0. The van der Waals surface area contributed by atoms with E-state index in [1.807, 2.05) is 19.3 Å². The largest absolute Gasteiger partial charge is 0.466 e. The van der Waals surface area contributed by atoms with E-state index in [0.717, 1.165) is 19.3 Å². The van der Waals surface area contributed by atoms with Crippen molar-refractivity contribution in [2.45, 2.75) is 38.0 Å². The lowest BCUT2D eigenvalue weighted by molar-refractivity contribution is -0.143. The number of pyridine rings is 1. The first kappa shape index (κ1) is 21.1. The minimum absolute atomic E-state index is 0. The molecule has 4 heteroatoms. The highest BCUT2D eigenvalue weighted by atomic mass is 35.5. The van der Waals surface area contributed by atoms with Crippen molar-refractivity contribution in [2.75, 3.05) is 6.61 Å². The highest BCUT2D eigenvalue weighted by Gasteiger charge is 2.42. The number of aromatic nitrogens is 1. The summed E-state index contributed by atoms with van der Waals surface area (Å²) in [5, 5.41) is 0. The minimum atomic E-state index is -0.138. The smallest absolute Gasteiger partial charge is 0.305 e. The molecule has 4 rings (SSSR count). The van der Waals surface area contributed by atoms with Crippen LogP contribution in [0.25, 0.3) is 11.1 Å². The van der Waals surface area contributed by atoms with Crippen molar-refractivity contribution >= 4 is 18.4 Å². The Morgan fingerprint density at radius 2 is 1.52 bits per heavy atom. The van der Waals surface area contributed by atoms with Gasteiger partial charge in [0, 0.05) is 24.2 Å². The van der Waals surface area contributed by atoms with Crippen molar-refractivity contribution in [2.24, 2.45) is 0 Å². The Labute approximate surface area is 178 Å². The van der Waals surface area contributed by atoms with E-state index in [9.17, 15) is 4.79 Å². The van der Waals surface area contributed by atoms with Gasteiger partial charge in [-0.15, -0.1) is 12.4 Å². The summed E-state index contributed by atoms with van der Waals surface area (Å²) in [6, 6.07) is 21.6. The lowest BCUT2D eigenvalue weighted by atomic mass is 9.70. The molecule has 0 bridgehead atoms. The van der Waals surface area contributed by atoms with E-state index in [1.165, 1.54) is 27.8 Å². The maximum absolute atomic E-state index is 11.9. The number of rotatable bonds is 7. The van der Waals surface area contributed by atoms with Crippen LogP contribution >= 0.6 is 12.4 Å². The van der Waals surface area contributed by atoms with E-state index in [1.54, 1.807) is 0 Å². The molecule has 150 valence electrons. The lowest BCUT2D eigenvalue weighted by Gasteiger charge is -2.32. The van der Waals surface area contributed by atoms with Crippen LogP contribution in [-0.2, 0) is 21.4 Å². The van der Waals surface area contributed by atoms with Crippen molar-refractivity contribution in [3.05, 3.63) is 89.7 Å². The van der Waals surface area contributed by atoms with Gasteiger partial charge in [-0.25, -0.2) is 0 Å². The van der Waals surface area contributed by atoms with Crippen LogP contribution in [0.5, 0.6) is 0 Å². The van der Waals surface area contributed by atoms with Crippen molar-refractivity contribution in [3.8, 4) is 11.1 Å². The minimum Gasteiger partial charge on any atom is -0.466 e. The monoisotopic (exact) mass is 407 g/mol. The van der Waals surface area contributed by atoms with Crippen LogP contribution in [-0.4, -0.2) is 17.6 Å². The quantitative estimate of drug-likeness (QED) is 0.468. The first-order valence-electron chi connectivity index (χ1n) is 9.98. The van der Waals surface area contributed by atoms with Gasteiger partial charge in [0.15, 0.2) is 0 Å². The SMILES string of the molecule is CCOC(=O)CCCC1(Cc2ccncc2)c2ccccc2-c2ccccc21.Cl. The van der Waals surface area contributed by atoms with Gasteiger partial charge in [-0.05, 0) is 66.1 Å². The first-order chi connectivity index (χ1) is 13.7. The molecule has 0 saturated heterocycles. The van der Waals surface area contributed by atoms with Gasteiger partial charge in [0.2, 0.25) is 0 Å². The van der Waals surface area contributed by atoms with Crippen LogP contribution in [0.4, 0.5) is 0 Å². The number of esters is 1. The molecule has 0 atom stereocenters. The molecule has 0 unspecified atom stereocenters. The van der Waals surface area contributed by atoms with Crippen molar-refractivity contribution in [1.82, 2.24) is 4.98 Å². The van der Waals surface area contributed by atoms with Gasteiger partial charge < -0.3 is 4.74 Å². The van der Waals surface area contributed by atoms with Gasteiger partial charge in [-0.3, -0.25) is 9.78 Å². The van der Waals surface area contributed by atoms with E-state index >= 15 is 0 Å². The standard InChI is InChI=1S/C25H25NO2.ClH/c1-2-28-24(27)12-7-15-25(18-19-13-16-26-17-14-19)22-10-5-3-8-20(22)21-9-4-6-11-23(21)25;/h3-6,8-11,13-14,16-17H,2,7,12,15,18H2,1H3;1H. The zero-order valence-electron chi connectivity index (χ0n) is 16.6. The highest BCUT2D eigenvalue weighted by molar-refractivity contribution is 5.85. The van der Waals surface area contributed by atoms with E-state index in [-0.39, 0.29) is 23.8 Å². The van der Waals surface area contributed by atoms with Gasteiger partial charge >= 0.3 is 5.97 Å². The fourth-order valence-corrected chi connectivity index (χ4v) is 4.58. The van der Waals surface area contributed by atoms with E-state index in [4.69, 9.17) is 4.74 Å². The van der Waals surface area contributed by atoms with Crippen molar-refractivity contribution in [1.29, 1.82) is 0 Å². The molecule has 0 radical (unpaired) electrons. The van der Waals surface area contributed by atoms with E-state index < -0.39 is 0 Å². The molecule has 0 amide bonds. The summed E-state index contributed by atoms with van der Waals surface area (Å²) in [6.07, 6.45) is 6.76. The predicted molar refractivity (Wildman–Crippen MR) is 118 cm³/mol. The number of ether oxygens (including phenoxy) is 1. The summed E-state index contributed by atoms with van der Waals surface area (Å²) in [5.74, 6) is -0.110. The third-order valence-corrected chi connectivity index (χ3v) is 5.72. The third kappa shape index (κ3) is 4.06. The average Bonchev–Trinajstić information content (AvgIpc) is 3.00. The summed E-state index contributed by atoms with van der Waals surface area (Å²) in [5.41, 5.74) is 6.46. The van der Waals surface area contributed by atoms with Crippen LogP contribution in [0.2, 0.25) is 0 Å².